The number of carboxylic acid groups (broad SMARTS) is 1. The number of rotatable bonds is 5. The van der Waals surface area contributed by atoms with Gasteiger partial charge < -0.3 is 19.9 Å². The number of carboxylic acids is 1. The molecule has 0 aromatic heterocycles. The monoisotopic (exact) mass is 359 g/mol. The molecule has 3 unspecified atom stereocenters. The van der Waals surface area contributed by atoms with Crippen molar-refractivity contribution < 1.29 is 37.3 Å². The Kier molecular flexibility index (Phi) is 4.36. The topological polar surface area (TPSA) is 84.9 Å². The summed E-state index contributed by atoms with van der Waals surface area (Å²) in [5.41, 5.74) is -1.18. The van der Waals surface area contributed by atoms with Gasteiger partial charge in [0.1, 0.15) is 5.75 Å². The van der Waals surface area contributed by atoms with E-state index >= 15 is 0 Å². The van der Waals surface area contributed by atoms with Gasteiger partial charge >= 0.3 is 12.3 Å². The molecule has 3 rings (SSSR count). The average Bonchev–Trinajstić information content (AvgIpc) is 3.17. The number of hydrogen-bond acceptors (Lipinski definition) is 4. The molecule has 136 valence electrons. The number of alkyl halides is 3. The van der Waals surface area contributed by atoms with Crippen LogP contribution in [0.5, 0.6) is 5.75 Å². The highest BCUT2D eigenvalue weighted by Crippen LogP contribution is 2.51. The molecular weight excluding hydrogens is 343 g/mol. The number of halogens is 3. The van der Waals surface area contributed by atoms with Gasteiger partial charge in [-0.25, -0.2) is 4.79 Å². The minimum absolute atomic E-state index is 0.126. The zero-order valence-electron chi connectivity index (χ0n) is 13.0. The summed E-state index contributed by atoms with van der Waals surface area (Å²) in [7, 11) is 0. The van der Waals surface area contributed by atoms with Crippen molar-refractivity contribution in [2.75, 3.05) is 13.2 Å². The van der Waals surface area contributed by atoms with Crippen LogP contribution in [0.15, 0.2) is 24.3 Å². The largest absolute Gasteiger partial charge is 0.573 e. The van der Waals surface area contributed by atoms with E-state index in [9.17, 15) is 27.9 Å². The number of aliphatic carboxylic acids is 1. The Bertz CT molecular complexity index is 685. The Balaban J connectivity index is 1.71. The second-order valence-electron chi connectivity index (χ2n) is 6.21. The molecule has 2 fully saturated rings. The fraction of sp³-hybridized carbons (Fsp3) is 0.500. The molecular formula is C16H16F3NO5. The van der Waals surface area contributed by atoms with E-state index in [4.69, 9.17) is 4.74 Å². The lowest BCUT2D eigenvalue weighted by molar-refractivity contribution is -0.274. The first-order valence-corrected chi connectivity index (χ1v) is 7.70. The maximum Gasteiger partial charge on any atom is 0.573 e. The molecule has 1 saturated carbocycles. The van der Waals surface area contributed by atoms with E-state index in [-0.39, 0.29) is 30.9 Å². The summed E-state index contributed by atoms with van der Waals surface area (Å²) in [5, 5.41) is 11.8. The summed E-state index contributed by atoms with van der Waals surface area (Å²) in [6.45, 7) is 0.0994. The van der Waals surface area contributed by atoms with E-state index < -0.39 is 35.6 Å². The predicted molar refractivity (Wildman–Crippen MR) is 77.9 cm³/mol. The maximum absolute atomic E-state index is 12.5. The van der Waals surface area contributed by atoms with Crippen molar-refractivity contribution in [2.24, 2.45) is 5.92 Å². The molecule has 2 aliphatic rings. The van der Waals surface area contributed by atoms with Crippen LogP contribution in [0.3, 0.4) is 0 Å². The molecule has 1 aromatic rings. The van der Waals surface area contributed by atoms with Gasteiger partial charge in [-0.15, -0.1) is 13.2 Å². The Morgan fingerprint density at radius 3 is 2.64 bits per heavy atom. The minimum atomic E-state index is -4.82. The second kappa shape index (κ2) is 6.21. The number of carbonyl (C=O) groups is 2. The third kappa shape index (κ3) is 3.71. The highest BCUT2D eigenvalue weighted by atomic mass is 19.4. The zero-order chi connectivity index (χ0) is 18.2. The van der Waals surface area contributed by atoms with Gasteiger partial charge in [-0.1, -0.05) is 18.2 Å². The summed E-state index contributed by atoms with van der Waals surface area (Å²) in [5.74, 6) is -3.05. The van der Waals surface area contributed by atoms with Crippen molar-refractivity contribution >= 4 is 11.9 Å². The SMILES string of the molecule is O=C(NC1(C(=O)O)CCOC1)C1CC1c1ccccc1OC(F)(F)F. The molecule has 1 saturated heterocycles. The minimum Gasteiger partial charge on any atom is -0.479 e. The molecule has 3 atom stereocenters. The molecule has 0 radical (unpaired) electrons. The van der Waals surface area contributed by atoms with Crippen LogP contribution in [-0.2, 0) is 14.3 Å². The highest BCUT2D eigenvalue weighted by Gasteiger charge is 2.51. The molecule has 1 heterocycles. The summed E-state index contributed by atoms with van der Waals surface area (Å²) >= 11 is 0. The molecule has 1 aromatic carbocycles. The second-order valence-corrected chi connectivity index (χ2v) is 6.21. The summed E-state index contributed by atoms with van der Waals surface area (Å²) in [4.78, 5) is 23.8. The first-order valence-electron chi connectivity index (χ1n) is 7.70. The van der Waals surface area contributed by atoms with Crippen LogP contribution >= 0.6 is 0 Å². The molecule has 1 aliphatic heterocycles. The number of para-hydroxylation sites is 1. The molecule has 25 heavy (non-hydrogen) atoms. The zero-order valence-corrected chi connectivity index (χ0v) is 13.0. The van der Waals surface area contributed by atoms with Crippen LogP contribution in [-0.4, -0.2) is 42.1 Å². The first-order chi connectivity index (χ1) is 11.7. The number of ether oxygens (including phenoxy) is 2. The van der Waals surface area contributed by atoms with Gasteiger partial charge in [0.05, 0.1) is 6.61 Å². The van der Waals surface area contributed by atoms with Crippen LogP contribution in [0.2, 0.25) is 0 Å². The number of carbonyl (C=O) groups excluding carboxylic acids is 1. The van der Waals surface area contributed by atoms with Crippen molar-refractivity contribution in [3.63, 3.8) is 0 Å². The lowest BCUT2D eigenvalue weighted by atomic mass is 9.98. The fourth-order valence-corrected chi connectivity index (χ4v) is 3.05. The normalized spacial score (nSPS) is 28.4. The van der Waals surface area contributed by atoms with Gasteiger partial charge in [-0.2, -0.15) is 0 Å². The summed E-state index contributed by atoms with van der Waals surface area (Å²) in [6, 6.07) is 5.65. The predicted octanol–water partition coefficient (Wildman–Crippen LogP) is 2.05. The van der Waals surface area contributed by atoms with E-state index in [0.717, 1.165) is 0 Å². The third-order valence-corrected chi connectivity index (χ3v) is 4.46. The molecule has 6 nitrogen and oxygen atoms in total. The van der Waals surface area contributed by atoms with Crippen LogP contribution in [0.1, 0.15) is 24.3 Å². The lowest BCUT2D eigenvalue weighted by Gasteiger charge is -2.23. The Hall–Kier alpha value is -2.29. The molecule has 1 aliphatic carbocycles. The quantitative estimate of drug-likeness (QED) is 0.841. The smallest absolute Gasteiger partial charge is 0.479 e. The molecule has 9 heteroatoms. The summed E-state index contributed by atoms with van der Waals surface area (Å²) in [6.07, 6.45) is -4.34. The number of nitrogens with one attached hydrogen (secondary N) is 1. The van der Waals surface area contributed by atoms with Gasteiger partial charge in [0.15, 0.2) is 5.54 Å². The van der Waals surface area contributed by atoms with E-state index in [1.54, 1.807) is 6.07 Å². The molecule has 0 bridgehead atoms. The molecule has 1 amide bonds. The van der Waals surface area contributed by atoms with Crippen molar-refractivity contribution in [1.29, 1.82) is 0 Å². The van der Waals surface area contributed by atoms with E-state index in [2.05, 4.69) is 10.1 Å². The average molecular weight is 359 g/mol. The van der Waals surface area contributed by atoms with Crippen molar-refractivity contribution in [1.82, 2.24) is 5.32 Å². The van der Waals surface area contributed by atoms with Gasteiger partial charge in [0.2, 0.25) is 5.91 Å². The molecule has 2 N–H and O–H groups in total. The van der Waals surface area contributed by atoms with Gasteiger partial charge in [-0.05, 0) is 24.0 Å². The highest BCUT2D eigenvalue weighted by molar-refractivity contribution is 5.90. The van der Waals surface area contributed by atoms with Gasteiger partial charge in [-0.3, -0.25) is 4.79 Å². The van der Waals surface area contributed by atoms with Crippen molar-refractivity contribution in [2.45, 2.75) is 30.7 Å². The van der Waals surface area contributed by atoms with Gasteiger partial charge in [0.25, 0.3) is 0 Å². The van der Waals surface area contributed by atoms with Crippen molar-refractivity contribution in [3.8, 4) is 5.75 Å². The Morgan fingerprint density at radius 1 is 1.32 bits per heavy atom. The van der Waals surface area contributed by atoms with Crippen molar-refractivity contribution in [3.05, 3.63) is 29.8 Å². The van der Waals surface area contributed by atoms with Crippen LogP contribution < -0.4 is 10.1 Å². The van der Waals surface area contributed by atoms with Crippen LogP contribution in [0.4, 0.5) is 13.2 Å². The van der Waals surface area contributed by atoms with E-state index in [0.29, 0.717) is 6.42 Å². The van der Waals surface area contributed by atoms with Crippen LogP contribution in [0.25, 0.3) is 0 Å². The number of amides is 1. The van der Waals surface area contributed by atoms with Crippen LogP contribution in [0, 0.1) is 5.92 Å². The Labute approximate surface area is 140 Å². The first kappa shape index (κ1) is 17.5. The maximum atomic E-state index is 12.5. The standard InChI is InChI=1S/C16H16F3NO5/c17-16(18,19)25-12-4-2-1-3-9(12)10-7-11(10)13(21)20-15(14(22)23)5-6-24-8-15/h1-4,10-11H,5-8H2,(H,20,21)(H,22,23). The third-order valence-electron chi connectivity index (χ3n) is 4.46. The molecule has 0 spiro atoms. The number of hydrogen-bond donors (Lipinski definition) is 2. The number of benzene rings is 1. The Morgan fingerprint density at radius 2 is 2.04 bits per heavy atom. The summed E-state index contributed by atoms with van der Waals surface area (Å²) < 4.78 is 46.5. The van der Waals surface area contributed by atoms with E-state index in [1.807, 2.05) is 0 Å². The van der Waals surface area contributed by atoms with E-state index in [1.165, 1.54) is 18.2 Å². The lowest BCUT2D eigenvalue weighted by Crippen LogP contribution is -2.55. The van der Waals surface area contributed by atoms with Gasteiger partial charge in [0, 0.05) is 18.9 Å². The fourth-order valence-electron chi connectivity index (χ4n) is 3.05.